The summed E-state index contributed by atoms with van der Waals surface area (Å²) < 4.78 is 0. The summed E-state index contributed by atoms with van der Waals surface area (Å²) in [6.07, 6.45) is 9.54. The minimum absolute atomic E-state index is 0.171. The molecule has 2 unspecified atom stereocenters. The minimum Gasteiger partial charge on any atom is -0.341 e. The van der Waals surface area contributed by atoms with Crippen LogP contribution < -0.4 is 5.73 Å². The normalized spacial score (nSPS) is 26.1. The van der Waals surface area contributed by atoms with Crippen LogP contribution in [0.25, 0.3) is 0 Å². The minimum atomic E-state index is -0.282. The maximum Gasteiger partial charge on any atom is 0.239 e. The molecule has 2 atom stereocenters. The first-order chi connectivity index (χ1) is 10.6. The van der Waals surface area contributed by atoms with E-state index in [1.165, 1.54) is 38.8 Å². The molecular weight excluding hydrogens is 274 g/mol. The highest BCUT2D eigenvalue weighted by Crippen LogP contribution is 2.24. The molecule has 0 bridgehead atoms. The Hall–Kier alpha value is -0.610. The number of carbonyl (C=O) groups is 1. The largest absolute Gasteiger partial charge is 0.341 e. The number of rotatable bonds is 6. The van der Waals surface area contributed by atoms with Crippen molar-refractivity contribution < 1.29 is 4.79 Å². The van der Waals surface area contributed by atoms with Crippen LogP contribution in [0.2, 0.25) is 0 Å². The Morgan fingerprint density at radius 1 is 1.18 bits per heavy atom. The Bertz CT molecular complexity index is 339. The van der Waals surface area contributed by atoms with Crippen LogP contribution in [0.1, 0.15) is 65.2 Å². The van der Waals surface area contributed by atoms with E-state index in [1.54, 1.807) is 0 Å². The molecule has 4 nitrogen and oxygen atoms in total. The van der Waals surface area contributed by atoms with E-state index in [9.17, 15) is 4.79 Å². The third-order valence-electron chi connectivity index (χ3n) is 5.61. The highest BCUT2D eigenvalue weighted by molar-refractivity contribution is 5.81. The van der Waals surface area contributed by atoms with Crippen LogP contribution >= 0.6 is 0 Å². The molecule has 2 saturated heterocycles. The molecule has 22 heavy (non-hydrogen) atoms. The summed E-state index contributed by atoms with van der Waals surface area (Å²) >= 11 is 0. The van der Waals surface area contributed by atoms with Crippen molar-refractivity contribution in [1.29, 1.82) is 0 Å². The van der Waals surface area contributed by atoms with Gasteiger partial charge in [0.2, 0.25) is 5.91 Å². The summed E-state index contributed by atoms with van der Waals surface area (Å²) in [5.74, 6) is 0.963. The standard InChI is InChI=1S/C18H35N3O/c1-3-6-17(19)18(22)21-13-9-16(10-14-21)8-12-20-11-5-4-7-15(20)2/h15-17H,3-14,19H2,1-2H3. The van der Waals surface area contributed by atoms with Crippen molar-refractivity contribution in [2.24, 2.45) is 11.7 Å². The topological polar surface area (TPSA) is 49.6 Å². The summed E-state index contributed by atoms with van der Waals surface area (Å²) in [6, 6.07) is 0.484. The maximum absolute atomic E-state index is 12.2. The zero-order valence-corrected chi connectivity index (χ0v) is 14.6. The lowest BCUT2D eigenvalue weighted by Crippen LogP contribution is -2.47. The Balaban J connectivity index is 1.67. The first kappa shape index (κ1) is 17.7. The van der Waals surface area contributed by atoms with E-state index in [0.717, 1.165) is 50.7 Å². The van der Waals surface area contributed by atoms with Crippen molar-refractivity contribution in [3.63, 3.8) is 0 Å². The summed E-state index contributed by atoms with van der Waals surface area (Å²) in [5, 5.41) is 0. The maximum atomic E-state index is 12.2. The fourth-order valence-electron chi connectivity index (χ4n) is 3.95. The van der Waals surface area contributed by atoms with Gasteiger partial charge in [-0.05, 0) is 64.5 Å². The predicted molar refractivity (Wildman–Crippen MR) is 91.7 cm³/mol. The van der Waals surface area contributed by atoms with Crippen LogP contribution in [0.5, 0.6) is 0 Å². The molecule has 128 valence electrons. The monoisotopic (exact) mass is 309 g/mol. The molecule has 2 heterocycles. The summed E-state index contributed by atoms with van der Waals surface area (Å²) in [5.41, 5.74) is 5.97. The first-order valence-corrected chi connectivity index (χ1v) is 9.40. The smallest absolute Gasteiger partial charge is 0.239 e. The highest BCUT2D eigenvalue weighted by atomic mass is 16.2. The molecule has 0 aliphatic carbocycles. The van der Waals surface area contributed by atoms with Gasteiger partial charge in [0.25, 0.3) is 0 Å². The van der Waals surface area contributed by atoms with Crippen LogP contribution in [0, 0.1) is 5.92 Å². The van der Waals surface area contributed by atoms with Crippen LogP contribution in [0.3, 0.4) is 0 Å². The molecule has 2 rings (SSSR count). The fraction of sp³-hybridized carbons (Fsp3) is 0.944. The Kier molecular flexibility index (Phi) is 7.16. The molecule has 2 aliphatic rings. The molecule has 2 N–H and O–H groups in total. The van der Waals surface area contributed by atoms with Crippen molar-refractivity contribution in [1.82, 2.24) is 9.80 Å². The number of nitrogens with two attached hydrogens (primary N) is 1. The number of hydrogen-bond donors (Lipinski definition) is 1. The van der Waals surface area contributed by atoms with Crippen molar-refractivity contribution >= 4 is 5.91 Å². The van der Waals surface area contributed by atoms with E-state index in [1.807, 2.05) is 4.90 Å². The zero-order valence-electron chi connectivity index (χ0n) is 14.6. The van der Waals surface area contributed by atoms with Gasteiger partial charge in [-0.25, -0.2) is 0 Å². The zero-order chi connectivity index (χ0) is 15.9. The fourth-order valence-corrected chi connectivity index (χ4v) is 3.95. The van der Waals surface area contributed by atoms with Gasteiger partial charge < -0.3 is 15.5 Å². The average molecular weight is 309 g/mol. The van der Waals surface area contributed by atoms with E-state index < -0.39 is 0 Å². The van der Waals surface area contributed by atoms with Gasteiger partial charge in [0, 0.05) is 19.1 Å². The summed E-state index contributed by atoms with van der Waals surface area (Å²) in [6.45, 7) is 8.81. The second kappa shape index (κ2) is 8.88. The number of likely N-dealkylation sites (tertiary alicyclic amines) is 2. The summed E-state index contributed by atoms with van der Waals surface area (Å²) in [4.78, 5) is 16.9. The second-order valence-electron chi connectivity index (χ2n) is 7.33. The average Bonchev–Trinajstić information content (AvgIpc) is 2.54. The number of carbonyl (C=O) groups excluding carboxylic acids is 1. The molecule has 0 aromatic rings. The molecule has 0 radical (unpaired) electrons. The molecule has 0 aromatic heterocycles. The third-order valence-corrected chi connectivity index (χ3v) is 5.61. The van der Waals surface area contributed by atoms with Crippen LogP contribution in [-0.4, -0.2) is 54.0 Å². The first-order valence-electron chi connectivity index (χ1n) is 9.40. The lowest BCUT2D eigenvalue weighted by molar-refractivity contribution is -0.134. The molecule has 1 amide bonds. The Morgan fingerprint density at radius 2 is 1.91 bits per heavy atom. The van der Waals surface area contributed by atoms with Gasteiger partial charge in [0.1, 0.15) is 0 Å². The second-order valence-corrected chi connectivity index (χ2v) is 7.33. The molecule has 2 aliphatic heterocycles. The molecule has 0 saturated carbocycles. The van der Waals surface area contributed by atoms with Gasteiger partial charge in [-0.3, -0.25) is 4.79 Å². The molecule has 0 spiro atoms. The van der Waals surface area contributed by atoms with Gasteiger partial charge in [-0.15, -0.1) is 0 Å². The lowest BCUT2D eigenvalue weighted by atomic mass is 9.92. The molecule has 4 heteroatoms. The van der Waals surface area contributed by atoms with Crippen molar-refractivity contribution in [3.05, 3.63) is 0 Å². The van der Waals surface area contributed by atoms with Crippen LogP contribution in [0.15, 0.2) is 0 Å². The third kappa shape index (κ3) is 4.95. The lowest BCUT2D eigenvalue weighted by Gasteiger charge is -2.37. The number of amides is 1. The predicted octanol–water partition coefficient (Wildman–Crippen LogP) is 2.62. The van der Waals surface area contributed by atoms with Gasteiger partial charge >= 0.3 is 0 Å². The molecule has 0 aromatic carbocycles. The van der Waals surface area contributed by atoms with Crippen molar-refractivity contribution in [3.8, 4) is 0 Å². The quantitative estimate of drug-likeness (QED) is 0.820. The van der Waals surface area contributed by atoms with Crippen LogP contribution in [-0.2, 0) is 4.79 Å². The van der Waals surface area contributed by atoms with E-state index in [-0.39, 0.29) is 11.9 Å². The van der Waals surface area contributed by atoms with Gasteiger partial charge in [0.05, 0.1) is 6.04 Å². The van der Waals surface area contributed by atoms with E-state index >= 15 is 0 Å². The van der Waals surface area contributed by atoms with Gasteiger partial charge in [-0.1, -0.05) is 19.8 Å². The van der Waals surface area contributed by atoms with E-state index in [4.69, 9.17) is 5.73 Å². The SMILES string of the molecule is CCCC(N)C(=O)N1CCC(CCN2CCCCC2C)CC1. The number of nitrogens with zero attached hydrogens (tertiary/aromatic N) is 2. The molecular formula is C18H35N3O. The highest BCUT2D eigenvalue weighted by Gasteiger charge is 2.26. The van der Waals surface area contributed by atoms with Crippen LogP contribution in [0.4, 0.5) is 0 Å². The van der Waals surface area contributed by atoms with Gasteiger partial charge in [0.15, 0.2) is 0 Å². The number of piperidine rings is 2. The summed E-state index contributed by atoms with van der Waals surface area (Å²) in [7, 11) is 0. The van der Waals surface area contributed by atoms with Crippen molar-refractivity contribution in [2.75, 3.05) is 26.2 Å². The van der Waals surface area contributed by atoms with Crippen molar-refractivity contribution in [2.45, 2.75) is 77.3 Å². The molecule has 2 fully saturated rings. The van der Waals surface area contributed by atoms with E-state index in [0.29, 0.717) is 0 Å². The van der Waals surface area contributed by atoms with E-state index in [2.05, 4.69) is 18.7 Å². The number of hydrogen-bond acceptors (Lipinski definition) is 3. The Labute approximate surface area is 136 Å². The Morgan fingerprint density at radius 3 is 2.55 bits per heavy atom. The van der Waals surface area contributed by atoms with Gasteiger partial charge in [-0.2, -0.15) is 0 Å².